The lowest BCUT2D eigenvalue weighted by atomic mass is 10.2. The number of esters is 1. The Morgan fingerprint density at radius 1 is 1.47 bits per heavy atom. The number of hydrogen-bond donors (Lipinski definition) is 0. The van der Waals surface area contributed by atoms with Gasteiger partial charge in [0.2, 0.25) is 0 Å². The molecule has 1 rings (SSSR count). The Morgan fingerprint density at radius 2 is 2.11 bits per heavy atom. The van der Waals surface area contributed by atoms with Crippen molar-refractivity contribution in [3.05, 3.63) is 12.0 Å². The fourth-order valence-electron chi connectivity index (χ4n) is 1.40. The van der Waals surface area contributed by atoms with E-state index in [1.54, 1.807) is 20.8 Å². The summed E-state index contributed by atoms with van der Waals surface area (Å²) in [5.74, 6) is -0.696. The second-order valence-electron chi connectivity index (χ2n) is 4.89. The molecule has 1 unspecified atom stereocenters. The molecule has 19 heavy (non-hydrogen) atoms. The molecule has 1 atom stereocenters. The number of aldehydes is 1. The lowest BCUT2D eigenvalue weighted by molar-refractivity contribution is -0.148. The summed E-state index contributed by atoms with van der Waals surface area (Å²) in [4.78, 5) is 35.2. The van der Waals surface area contributed by atoms with Crippen molar-refractivity contribution in [1.29, 1.82) is 0 Å². The molecule has 1 aliphatic heterocycles. The van der Waals surface area contributed by atoms with Crippen molar-refractivity contribution in [3.63, 3.8) is 0 Å². The van der Waals surface area contributed by atoms with Gasteiger partial charge in [0, 0.05) is 0 Å². The van der Waals surface area contributed by atoms with E-state index >= 15 is 0 Å². The predicted molar refractivity (Wildman–Crippen MR) is 64.0 cm³/mol. The minimum Gasteiger partial charge on any atom is -0.486 e. The van der Waals surface area contributed by atoms with Crippen molar-refractivity contribution in [3.8, 4) is 0 Å². The van der Waals surface area contributed by atoms with Crippen LogP contribution in [0, 0.1) is 0 Å². The number of methoxy groups -OCH3 is 1. The van der Waals surface area contributed by atoms with Gasteiger partial charge in [-0.1, -0.05) is 0 Å². The van der Waals surface area contributed by atoms with E-state index in [4.69, 9.17) is 9.47 Å². The molecule has 0 radical (unpaired) electrons. The molecule has 1 heterocycles. The van der Waals surface area contributed by atoms with E-state index in [2.05, 4.69) is 4.74 Å². The summed E-state index contributed by atoms with van der Waals surface area (Å²) in [6, 6.07) is -0.969. The third kappa shape index (κ3) is 3.97. The third-order valence-corrected chi connectivity index (χ3v) is 2.20. The summed E-state index contributed by atoms with van der Waals surface area (Å²) < 4.78 is 14.8. The number of ether oxygens (including phenoxy) is 3. The van der Waals surface area contributed by atoms with Crippen molar-refractivity contribution < 1.29 is 28.6 Å². The molecule has 0 aromatic heterocycles. The fraction of sp³-hybridized carbons (Fsp3) is 0.583. The maximum Gasteiger partial charge on any atom is 0.415 e. The first kappa shape index (κ1) is 15.0. The van der Waals surface area contributed by atoms with E-state index in [1.807, 2.05) is 0 Å². The topological polar surface area (TPSA) is 82.1 Å². The van der Waals surface area contributed by atoms with Gasteiger partial charge in [-0.25, -0.2) is 9.59 Å². The van der Waals surface area contributed by atoms with Crippen LogP contribution in [-0.2, 0) is 23.8 Å². The monoisotopic (exact) mass is 271 g/mol. The Hall–Kier alpha value is -2.05. The van der Waals surface area contributed by atoms with Crippen molar-refractivity contribution in [2.75, 3.05) is 13.7 Å². The molecule has 0 aromatic carbocycles. The Balaban J connectivity index is 2.96. The number of nitrogens with zero attached hydrogens (tertiary/aromatic N) is 1. The maximum atomic E-state index is 12.0. The van der Waals surface area contributed by atoms with Gasteiger partial charge in [-0.3, -0.25) is 9.69 Å². The fourth-order valence-corrected chi connectivity index (χ4v) is 1.40. The van der Waals surface area contributed by atoms with Gasteiger partial charge in [-0.15, -0.1) is 0 Å². The second kappa shape index (κ2) is 5.73. The van der Waals surface area contributed by atoms with Crippen LogP contribution in [0.15, 0.2) is 12.0 Å². The van der Waals surface area contributed by atoms with Crippen LogP contribution in [0.1, 0.15) is 20.8 Å². The van der Waals surface area contributed by atoms with Crippen LogP contribution < -0.4 is 0 Å². The van der Waals surface area contributed by atoms with Crippen LogP contribution in [0.4, 0.5) is 4.79 Å². The second-order valence-corrected chi connectivity index (χ2v) is 4.89. The molecule has 0 saturated heterocycles. The van der Waals surface area contributed by atoms with E-state index in [0.29, 0.717) is 6.29 Å². The van der Waals surface area contributed by atoms with Gasteiger partial charge in [-0.05, 0) is 20.8 Å². The molecule has 1 amide bonds. The van der Waals surface area contributed by atoms with E-state index in [9.17, 15) is 14.4 Å². The minimum atomic E-state index is -0.969. The number of carbonyl (C=O) groups excluding carboxylic acids is 3. The van der Waals surface area contributed by atoms with Gasteiger partial charge < -0.3 is 14.2 Å². The molecule has 0 bridgehead atoms. The SMILES string of the molecule is COC(=O)C1COC(C=O)=CN1C(=O)OC(C)(C)C. The Labute approximate surface area is 111 Å². The summed E-state index contributed by atoms with van der Waals surface area (Å²) in [6.45, 7) is 4.94. The summed E-state index contributed by atoms with van der Waals surface area (Å²) >= 11 is 0. The normalized spacial score (nSPS) is 19.1. The van der Waals surface area contributed by atoms with Crippen LogP contribution >= 0.6 is 0 Å². The van der Waals surface area contributed by atoms with E-state index in [0.717, 1.165) is 11.1 Å². The highest BCUT2D eigenvalue weighted by atomic mass is 16.6. The standard InChI is InChI=1S/C12H17NO6/c1-12(2,3)19-11(16)13-5-8(6-14)18-7-9(13)10(15)17-4/h5-6,9H,7H2,1-4H3. The molecule has 106 valence electrons. The summed E-state index contributed by atoms with van der Waals surface area (Å²) in [6.07, 6.45) is 0.836. The molecular weight excluding hydrogens is 254 g/mol. The zero-order valence-electron chi connectivity index (χ0n) is 11.3. The number of hydrogen-bond acceptors (Lipinski definition) is 6. The van der Waals surface area contributed by atoms with Crippen LogP contribution in [-0.4, -0.2) is 48.6 Å². The summed E-state index contributed by atoms with van der Waals surface area (Å²) in [5.41, 5.74) is -0.717. The van der Waals surface area contributed by atoms with Gasteiger partial charge in [-0.2, -0.15) is 0 Å². The highest BCUT2D eigenvalue weighted by molar-refractivity contribution is 5.84. The van der Waals surface area contributed by atoms with Gasteiger partial charge >= 0.3 is 12.1 Å². The average Bonchev–Trinajstić information content (AvgIpc) is 2.35. The first-order valence-electron chi connectivity index (χ1n) is 5.67. The number of amides is 1. The van der Waals surface area contributed by atoms with Gasteiger partial charge in [0.05, 0.1) is 13.3 Å². The van der Waals surface area contributed by atoms with Crippen molar-refractivity contribution in [2.24, 2.45) is 0 Å². The number of carbonyl (C=O) groups is 3. The number of rotatable bonds is 2. The largest absolute Gasteiger partial charge is 0.486 e. The first-order valence-corrected chi connectivity index (χ1v) is 5.67. The van der Waals surface area contributed by atoms with E-state index in [1.165, 1.54) is 7.11 Å². The quantitative estimate of drug-likeness (QED) is 0.546. The lowest BCUT2D eigenvalue weighted by Gasteiger charge is -2.32. The average molecular weight is 271 g/mol. The molecule has 0 aliphatic carbocycles. The highest BCUT2D eigenvalue weighted by Gasteiger charge is 2.36. The molecule has 0 N–H and O–H groups in total. The molecule has 1 aliphatic rings. The van der Waals surface area contributed by atoms with Crippen molar-refractivity contribution in [2.45, 2.75) is 32.4 Å². The molecule has 0 fully saturated rings. The smallest absolute Gasteiger partial charge is 0.415 e. The van der Waals surface area contributed by atoms with Crippen LogP contribution in [0.25, 0.3) is 0 Å². The van der Waals surface area contributed by atoms with E-state index in [-0.39, 0.29) is 12.4 Å². The van der Waals surface area contributed by atoms with Gasteiger partial charge in [0.15, 0.2) is 18.1 Å². The number of allylic oxidation sites excluding steroid dienone is 1. The molecule has 0 spiro atoms. The maximum absolute atomic E-state index is 12.0. The van der Waals surface area contributed by atoms with Gasteiger partial charge in [0.1, 0.15) is 12.2 Å². The van der Waals surface area contributed by atoms with Crippen LogP contribution in [0.3, 0.4) is 0 Å². The zero-order valence-corrected chi connectivity index (χ0v) is 11.3. The summed E-state index contributed by atoms with van der Waals surface area (Å²) in [5, 5.41) is 0. The van der Waals surface area contributed by atoms with Crippen molar-refractivity contribution >= 4 is 18.3 Å². The van der Waals surface area contributed by atoms with Crippen LogP contribution in [0.5, 0.6) is 0 Å². The van der Waals surface area contributed by atoms with Crippen molar-refractivity contribution in [1.82, 2.24) is 4.90 Å². The molecular formula is C12H17NO6. The lowest BCUT2D eigenvalue weighted by Crippen LogP contribution is -2.49. The molecule has 7 nitrogen and oxygen atoms in total. The predicted octanol–water partition coefficient (Wildman–Crippen LogP) is 0.836. The van der Waals surface area contributed by atoms with Crippen LogP contribution in [0.2, 0.25) is 0 Å². The third-order valence-electron chi connectivity index (χ3n) is 2.20. The highest BCUT2D eigenvalue weighted by Crippen LogP contribution is 2.18. The first-order chi connectivity index (χ1) is 8.78. The molecule has 0 aromatic rings. The zero-order chi connectivity index (χ0) is 14.6. The molecule has 0 saturated carbocycles. The van der Waals surface area contributed by atoms with E-state index < -0.39 is 23.7 Å². The Bertz CT molecular complexity index is 409. The molecule has 7 heteroatoms. The Morgan fingerprint density at radius 3 is 2.58 bits per heavy atom. The summed E-state index contributed by atoms with van der Waals surface area (Å²) in [7, 11) is 1.20. The minimum absolute atomic E-state index is 0.0500. The Kier molecular flexibility index (Phi) is 4.52. The van der Waals surface area contributed by atoms with Gasteiger partial charge in [0.25, 0.3) is 0 Å².